The minimum absolute atomic E-state index is 0.314. The first-order valence-electron chi connectivity index (χ1n) is 6.36. The van der Waals surface area contributed by atoms with E-state index in [2.05, 4.69) is 4.98 Å². The Hall–Kier alpha value is -1.05. The average Bonchev–Trinajstić information content (AvgIpc) is 2.84. The van der Waals surface area contributed by atoms with Crippen LogP contribution in [0.25, 0.3) is 0 Å². The molecule has 2 rings (SSSR count). The maximum absolute atomic E-state index is 12.0. The highest BCUT2D eigenvalue weighted by Crippen LogP contribution is 2.29. The number of nitrogens with one attached hydrogen (secondary N) is 1. The summed E-state index contributed by atoms with van der Waals surface area (Å²) >= 11 is 0. The van der Waals surface area contributed by atoms with Gasteiger partial charge in [-0.05, 0) is 32.3 Å². The molecule has 2 nitrogen and oxygen atoms in total. The number of aromatic amines is 1. The predicted molar refractivity (Wildman–Crippen MR) is 65.8 cm³/mol. The summed E-state index contributed by atoms with van der Waals surface area (Å²) in [6, 6.07) is 1.98. The summed E-state index contributed by atoms with van der Waals surface area (Å²) in [5.74, 6) is 1.12. The minimum atomic E-state index is 0.314. The fraction of sp³-hybridized carbons (Fsp3) is 0.643. The second kappa shape index (κ2) is 4.86. The largest absolute Gasteiger partial charge is 0.362 e. The van der Waals surface area contributed by atoms with Gasteiger partial charge in [0.1, 0.15) is 0 Å². The van der Waals surface area contributed by atoms with E-state index in [0.717, 1.165) is 35.7 Å². The monoisotopic (exact) mass is 219 g/mol. The molecule has 0 spiro atoms. The van der Waals surface area contributed by atoms with Gasteiger partial charge < -0.3 is 4.98 Å². The molecule has 0 amide bonds. The zero-order valence-corrected chi connectivity index (χ0v) is 10.3. The summed E-state index contributed by atoms with van der Waals surface area (Å²) in [6.45, 7) is 3.98. The third-order valence-electron chi connectivity index (χ3n) is 3.70. The molecule has 88 valence electrons. The van der Waals surface area contributed by atoms with Gasteiger partial charge >= 0.3 is 0 Å². The smallest absolute Gasteiger partial charge is 0.164 e. The summed E-state index contributed by atoms with van der Waals surface area (Å²) < 4.78 is 0. The first-order chi connectivity index (χ1) is 7.66. The lowest BCUT2D eigenvalue weighted by molar-refractivity contribution is 0.0973. The zero-order chi connectivity index (χ0) is 11.5. The fourth-order valence-electron chi connectivity index (χ4n) is 2.78. The Morgan fingerprint density at radius 2 is 2.06 bits per heavy atom. The molecule has 1 aliphatic rings. The molecule has 2 heteroatoms. The molecule has 0 aromatic carbocycles. The van der Waals surface area contributed by atoms with Gasteiger partial charge in [0.05, 0.1) is 0 Å². The van der Waals surface area contributed by atoms with Crippen molar-refractivity contribution in [2.75, 3.05) is 0 Å². The van der Waals surface area contributed by atoms with Crippen molar-refractivity contribution in [3.63, 3.8) is 0 Å². The van der Waals surface area contributed by atoms with Crippen molar-refractivity contribution < 1.29 is 4.79 Å². The van der Waals surface area contributed by atoms with Crippen LogP contribution in [0.5, 0.6) is 0 Å². The van der Waals surface area contributed by atoms with Crippen molar-refractivity contribution in [1.29, 1.82) is 0 Å². The van der Waals surface area contributed by atoms with E-state index < -0.39 is 0 Å². The molecule has 0 aliphatic heterocycles. The van der Waals surface area contributed by atoms with Gasteiger partial charge in [0.15, 0.2) is 5.78 Å². The van der Waals surface area contributed by atoms with E-state index in [4.69, 9.17) is 0 Å². The highest BCUT2D eigenvalue weighted by atomic mass is 16.1. The van der Waals surface area contributed by atoms with Crippen LogP contribution in [0.3, 0.4) is 0 Å². The second-order valence-corrected chi connectivity index (χ2v) is 5.10. The van der Waals surface area contributed by atoms with Crippen LogP contribution in [0, 0.1) is 19.8 Å². The molecule has 1 aliphatic carbocycles. The predicted octanol–water partition coefficient (Wildman–Crippen LogP) is 3.78. The van der Waals surface area contributed by atoms with E-state index in [1.165, 1.54) is 25.7 Å². The molecule has 0 bridgehead atoms. The van der Waals surface area contributed by atoms with Gasteiger partial charge in [-0.25, -0.2) is 0 Å². The fourth-order valence-corrected chi connectivity index (χ4v) is 2.78. The van der Waals surface area contributed by atoms with Crippen LogP contribution in [0.1, 0.15) is 60.3 Å². The van der Waals surface area contributed by atoms with Crippen molar-refractivity contribution >= 4 is 5.78 Å². The van der Waals surface area contributed by atoms with Crippen molar-refractivity contribution in [1.82, 2.24) is 4.98 Å². The molecule has 0 saturated heterocycles. The molecule has 1 saturated carbocycles. The Labute approximate surface area is 97.4 Å². The summed E-state index contributed by atoms with van der Waals surface area (Å²) in [4.78, 5) is 15.2. The number of hydrogen-bond acceptors (Lipinski definition) is 1. The van der Waals surface area contributed by atoms with Crippen LogP contribution < -0.4 is 0 Å². The van der Waals surface area contributed by atoms with E-state index in [0.29, 0.717) is 5.78 Å². The number of rotatable bonds is 4. The van der Waals surface area contributed by atoms with Crippen LogP contribution in [0.15, 0.2) is 6.07 Å². The lowest BCUT2D eigenvalue weighted by Gasteiger charge is -2.07. The quantitative estimate of drug-likeness (QED) is 0.768. The zero-order valence-electron chi connectivity index (χ0n) is 10.3. The SMILES string of the molecule is Cc1cc(C(=O)CCC2CCCC2)c(C)[nH]1. The number of H-pyrrole nitrogens is 1. The lowest BCUT2D eigenvalue weighted by atomic mass is 9.97. The average molecular weight is 219 g/mol. The van der Waals surface area contributed by atoms with Crippen LogP contribution in [0.2, 0.25) is 0 Å². The van der Waals surface area contributed by atoms with E-state index in [-0.39, 0.29) is 0 Å². The molecule has 1 aromatic rings. The van der Waals surface area contributed by atoms with Crippen LogP contribution in [-0.2, 0) is 0 Å². The number of Topliss-reactive ketones (excluding diaryl/α,β-unsaturated/α-hetero) is 1. The molecule has 0 atom stereocenters. The number of carbonyl (C=O) groups excluding carboxylic acids is 1. The summed E-state index contributed by atoms with van der Waals surface area (Å²) in [5, 5.41) is 0. The molecular formula is C14H21NO. The van der Waals surface area contributed by atoms with Crippen molar-refractivity contribution in [2.24, 2.45) is 5.92 Å². The molecule has 0 unspecified atom stereocenters. The van der Waals surface area contributed by atoms with E-state index in [9.17, 15) is 4.79 Å². The summed E-state index contributed by atoms with van der Waals surface area (Å²) in [7, 11) is 0. The third-order valence-corrected chi connectivity index (χ3v) is 3.70. The van der Waals surface area contributed by atoms with Crippen molar-refractivity contribution in [3.05, 3.63) is 23.0 Å². The van der Waals surface area contributed by atoms with E-state index >= 15 is 0 Å². The summed E-state index contributed by atoms with van der Waals surface area (Å²) in [5.41, 5.74) is 3.01. The van der Waals surface area contributed by atoms with Crippen LogP contribution >= 0.6 is 0 Å². The molecular weight excluding hydrogens is 198 g/mol. The van der Waals surface area contributed by atoms with Gasteiger partial charge in [-0.1, -0.05) is 25.7 Å². The van der Waals surface area contributed by atoms with Gasteiger partial charge in [0.25, 0.3) is 0 Å². The second-order valence-electron chi connectivity index (χ2n) is 5.10. The van der Waals surface area contributed by atoms with Gasteiger partial charge in [-0.15, -0.1) is 0 Å². The molecule has 1 fully saturated rings. The maximum atomic E-state index is 12.0. The normalized spacial score (nSPS) is 16.9. The third kappa shape index (κ3) is 2.55. The first-order valence-corrected chi connectivity index (χ1v) is 6.36. The Balaban J connectivity index is 1.90. The molecule has 0 radical (unpaired) electrons. The van der Waals surface area contributed by atoms with E-state index in [1.807, 2.05) is 19.9 Å². The number of aromatic nitrogens is 1. The summed E-state index contributed by atoms with van der Waals surface area (Å²) in [6.07, 6.45) is 7.20. The number of hydrogen-bond donors (Lipinski definition) is 1. The number of ketones is 1. The van der Waals surface area contributed by atoms with Gasteiger partial charge in [0.2, 0.25) is 0 Å². The molecule has 16 heavy (non-hydrogen) atoms. The van der Waals surface area contributed by atoms with Crippen molar-refractivity contribution in [2.45, 2.75) is 52.4 Å². The standard InChI is InChI=1S/C14H21NO/c1-10-9-13(11(2)15-10)14(16)8-7-12-5-3-4-6-12/h9,12,15H,3-8H2,1-2H3. The van der Waals surface area contributed by atoms with Crippen molar-refractivity contribution in [3.8, 4) is 0 Å². The maximum Gasteiger partial charge on any atom is 0.164 e. The Kier molecular flexibility index (Phi) is 3.47. The topological polar surface area (TPSA) is 32.9 Å². The Morgan fingerprint density at radius 1 is 1.38 bits per heavy atom. The Morgan fingerprint density at radius 3 is 2.62 bits per heavy atom. The highest BCUT2D eigenvalue weighted by molar-refractivity contribution is 5.97. The van der Waals surface area contributed by atoms with E-state index in [1.54, 1.807) is 0 Å². The highest BCUT2D eigenvalue weighted by Gasteiger charge is 2.18. The molecule has 1 heterocycles. The first kappa shape index (κ1) is 11.4. The Bertz CT molecular complexity index is 372. The van der Waals surface area contributed by atoms with Crippen LogP contribution in [-0.4, -0.2) is 10.8 Å². The van der Waals surface area contributed by atoms with Gasteiger partial charge in [-0.2, -0.15) is 0 Å². The lowest BCUT2D eigenvalue weighted by Crippen LogP contribution is -2.03. The minimum Gasteiger partial charge on any atom is -0.362 e. The number of carbonyl (C=O) groups is 1. The molecule has 1 N–H and O–H groups in total. The number of aryl methyl sites for hydroxylation is 2. The molecule has 1 aromatic heterocycles. The van der Waals surface area contributed by atoms with Crippen LogP contribution in [0.4, 0.5) is 0 Å². The van der Waals surface area contributed by atoms with Gasteiger partial charge in [0, 0.05) is 23.4 Å². The van der Waals surface area contributed by atoms with Gasteiger partial charge in [-0.3, -0.25) is 4.79 Å².